The van der Waals surface area contributed by atoms with Gasteiger partial charge >= 0.3 is 5.97 Å². The van der Waals surface area contributed by atoms with Gasteiger partial charge in [-0.25, -0.2) is 4.79 Å². The molecule has 0 unspecified atom stereocenters. The maximum atomic E-state index is 11.7. The summed E-state index contributed by atoms with van der Waals surface area (Å²) in [5.41, 5.74) is -1.29. The Kier molecular flexibility index (Phi) is 3.70. The minimum absolute atomic E-state index is 0.476. The highest BCUT2D eigenvalue weighted by atomic mass is 16.7. The molecule has 0 aromatic carbocycles. The summed E-state index contributed by atoms with van der Waals surface area (Å²) in [7, 11) is 3.90. The highest BCUT2D eigenvalue weighted by molar-refractivity contribution is 5.79. The maximum Gasteiger partial charge on any atom is 0.369 e. The Morgan fingerprint density at radius 3 is 2.00 bits per heavy atom. The molecule has 0 saturated heterocycles. The van der Waals surface area contributed by atoms with Crippen molar-refractivity contribution in [2.75, 3.05) is 21.3 Å². The van der Waals surface area contributed by atoms with Crippen LogP contribution in [0.25, 0.3) is 0 Å². The molecule has 0 bridgehead atoms. The van der Waals surface area contributed by atoms with E-state index in [2.05, 4.69) is 4.74 Å². The average molecular weight is 218 g/mol. The third-order valence-electron chi connectivity index (χ3n) is 3.07. The largest absolute Gasteiger partial charge is 0.465 e. The third-order valence-corrected chi connectivity index (χ3v) is 3.07. The number of esters is 1. The standard InChI is InChI=1S/C10H18O5/c1-13-8(11)10(14-2,15-3)9(12)6-4-5-7-9/h12H,4-7H2,1-3H3. The zero-order valence-electron chi connectivity index (χ0n) is 9.41. The summed E-state index contributed by atoms with van der Waals surface area (Å²) >= 11 is 0. The number of ether oxygens (including phenoxy) is 3. The average Bonchev–Trinajstić information content (AvgIpc) is 2.68. The molecule has 0 aromatic rings. The molecule has 5 heteroatoms. The van der Waals surface area contributed by atoms with E-state index in [1.54, 1.807) is 0 Å². The Labute approximate surface area is 89.3 Å². The second kappa shape index (κ2) is 4.47. The van der Waals surface area contributed by atoms with Gasteiger partial charge in [-0.3, -0.25) is 0 Å². The lowest BCUT2D eigenvalue weighted by atomic mass is 9.90. The molecule has 88 valence electrons. The fraction of sp³-hybridized carbons (Fsp3) is 0.900. The molecular weight excluding hydrogens is 200 g/mol. The van der Waals surface area contributed by atoms with Crippen LogP contribution in [-0.2, 0) is 19.0 Å². The summed E-state index contributed by atoms with van der Waals surface area (Å²) in [6.07, 6.45) is 2.65. The Balaban J connectivity index is 3.03. The summed E-state index contributed by atoms with van der Waals surface area (Å²) in [5, 5.41) is 10.4. The molecule has 1 N–H and O–H groups in total. The van der Waals surface area contributed by atoms with Gasteiger partial charge in [-0.2, -0.15) is 0 Å². The van der Waals surface area contributed by atoms with Gasteiger partial charge in [0.2, 0.25) is 0 Å². The van der Waals surface area contributed by atoms with E-state index >= 15 is 0 Å². The van der Waals surface area contributed by atoms with Crippen molar-refractivity contribution in [3.63, 3.8) is 0 Å². The van der Waals surface area contributed by atoms with E-state index in [0.717, 1.165) is 12.8 Å². The summed E-state index contributed by atoms with van der Waals surface area (Å²) in [5.74, 6) is -2.39. The number of hydrogen-bond acceptors (Lipinski definition) is 5. The quantitative estimate of drug-likeness (QED) is 0.548. The minimum Gasteiger partial charge on any atom is -0.465 e. The molecule has 1 aliphatic rings. The van der Waals surface area contributed by atoms with Crippen LogP contribution in [0.5, 0.6) is 0 Å². The van der Waals surface area contributed by atoms with Gasteiger partial charge in [-0.1, -0.05) is 12.8 Å². The SMILES string of the molecule is COC(=O)C(OC)(OC)C1(O)CCCC1. The Hall–Kier alpha value is -0.650. The van der Waals surface area contributed by atoms with Crippen molar-refractivity contribution in [1.29, 1.82) is 0 Å². The van der Waals surface area contributed by atoms with Crippen LogP contribution < -0.4 is 0 Å². The predicted molar refractivity (Wildman–Crippen MR) is 52.2 cm³/mol. The van der Waals surface area contributed by atoms with Gasteiger partial charge < -0.3 is 19.3 Å². The molecule has 15 heavy (non-hydrogen) atoms. The molecule has 1 aliphatic carbocycles. The van der Waals surface area contributed by atoms with Crippen LogP contribution in [0.15, 0.2) is 0 Å². The molecule has 0 spiro atoms. The van der Waals surface area contributed by atoms with Gasteiger partial charge in [0.05, 0.1) is 7.11 Å². The lowest BCUT2D eigenvalue weighted by molar-refractivity contribution is -0.293. The zero-order valence-corrected chi connectivity index (χ0v) is 9.41. The van der Waals surface area contributed by atoms with Crippen molar-refractivity contribution in [3.8, 4) is 0 Å². The monoisotopic (exact) mass is 218 g/mol. The van der Waals surface area contributed by atoms with Crippen molar-refractivity contribution in [3.05, 3.63) is 0 Å². The molecule has 1 saturated carbocycles. The highest BCUT2D eigenvalue weighted by Gasteiger charge is 2.59. The first-order chi connectivity index (χ1) is 7.06. The minimum atomic E-state index is -1.70. The molecule has 0 aliphatic heterocycles. The van der Waals surface area contributed by atoms with Crippen molar-refractivity contribution >= 4 is 5.97 Å². The highest BCUT2D eigenvalue weighted by Crippen LogP contribution is 2.41. The first kappa shape index (κ1) is 12.4. The molecule has 0 heterocycles. The number of aliphatic hydroxyl groups is 1. The Morgan fingerprint density at radius 2 is 1.67 bits per heavy atom. The van der Waals surface area contributed by atoms with E-state index in [-0.39, 0.29) is 0 Å². The molecule has 1 rings (SSSR count). The van der Waals surface area contributed by atoms with Crippen molar-refractivity contribution < 1.29 is 24.1 Å². The maximum absolute atomic E-state index is 11.7. The van der Waals surface area contributed by atoms with Crippen molar-refractivity contribution in [1.82, 2.24) is 0 Å². The van der Waals surface area contributed by atoms with Gasteiger partial charge in [0.1, 0.15) is 5.60 Å². The van der Waals surface area contributed by atoms with E-state index in [1.807, 2.05) is 0 Å². The van der Waals surface area contributed by atoms with E-state index < -0.39 is 17.4 Å². The summed E-state index contributed by atoms with van der Waals surface area (Å²) in [6.45, 7) is 0. The van der Waals surface area contributed by atoms with Crippen LogP contribution in [0, 0.1) is 0 Å². The fourth-order valence-electron chi connectivity index (χ4n) is 2.24. The number of methoxy groups -OCH3 is 3. The third kappa shape index (κ3) is 1.75. The predicted octanol–water partition coefficient (Wildman–Crippen LogP) is 0.454. The number of carbonyl (C=O) groups excluding carboxylic acids is 1. The van der Waals surface area contributed by atoms with E-state index in [4.69, 9.17) is 9.47 Å². The van der Waals surface area contributed by atoms with Crippen LogP contribution in [-0.4, -0.2) is 43.8 Å². The zero-order chi connectivity index (χ0) is 11.5. The van der Waals surface area contributed by atoms with E-state index in [1.165, 1.54) is 21.3 Å². The summed E-state index contributed by atoms with van der Waals surface area (Å²) in [6, 6.07) is 0. The normalized spacial score (nSPS) is 20.3. The molecule has 0 atom stereocenters. The lowest BCUT2D eigenvalue weighted by Crippen LogP contribution is -2.61. The summed E-state index contributed by atoms with van der Waals surface area (Å²) < 4.78 is 14.8. The lowest BCUT2D eigenvalue weighted by Gasteiger charge is -2.39. The van der Waals surface area contributed by atoms with Gasteiger partial charge in [-0.05, 0) is 12.8 Å². The second-order valence-electron chi connectivity index (χ2n) is 3.76. The van der Waals surface area contributed by atoms with Crippen LogP contribution in [0.1, 0.15) is 25.7 Å². The van der Waals surface area contributed by atoms with Gasteiger partial charge in [-0.15, -0.1) is 0 Å². The van der Waals surface area contributed by atoms with Crippen LogP contribution in [0.4, 0.5) is 0 Å². The van der Waals surface area contributed by atoms with E-state index in [9.17, 15) is 9.90 Å². The molecule has 0 aromatic heterocycles. The van der Waals surface area contributed by atoms with Crippen molar-refractivity contribution in [2.24, 2.45) is 0 Å². The van der Waals surface area contributed by atoms with Gasteiger partial charge in [0, 0.05) is 14.2 Å². The van der Waals surface area contributed by atoms with E-state index in [0.29, 0.717) is 12.8 Å². The van der Waals surface area contributed by atoms with Crippen molar-refractivity contribution in [2.45, 2.75) is 37.1 Å². The van der Waals surface area contributed by atoms with Crippen LogP contribution >= 0.6 is 0 Å². The molecule has 5 nitrogen and oxygen atoms in total. The second-order valence-corrected chi connectivity index (χ2v) is 3.76. The smallest absolute Gasteiger partial charge is 0.369 e. The number of carbonyl (C=O) groups is 1. The van der Waals surface area contributed by atoms with Gasteiger partial charge in [0.15, 0.2) is 0 Å². The molecule has 0 radical (unpaired) electrons. The number of hydrogen-bond donors (Lipinski definition) is 1. The Bertz CT molecular complexity index is 228. The fourth-order valence-corrected chi connectivity index (χ4v) is 2.24. The van der Waals surface area contributed by atoms with Crippen LogP contribution in [0.3, 0.4) is 0 Å². The molecule has 1 fully saturated rings. The topological polar surface area (TPSA) is 65.0 Å². The molecular formula is C10H18O5. The first-order valence-electron chi connectivity index (χ1n) is 4.97. The van der Waals surface area contributed by atoms with Crippen LogP contribution in [0.2, 0.25) is 0 Å². The Morgan fingerprint density at radius 1 is 1.20 bits per heavy atom. The van der Waals surface area contributed by atoms with Gasteiger partial charge in [0.25, 0.3) is 5.79 Å². The number of rotatable bonds is 4. The first-order valence-corrected chi connectivity index (χ1v) is 4.97. The summed E-state index contributed by atoms with van der Waals surface area (Å²) in [4.78, 5) is 11.7. The molecule has 0 amide bonds.